The minimum Gasteiger partial charge on any atom is -0.507 e. The quantitative estimate of drug-likeness (QED) is 0.695. The van der Waals surface area contributed by atoms with Gasteiger partial charge in [-0.1, -0.05) is 30.3 Å². The van der Waals surface area contributed by atoms with Crippen LogP contribution in [0.5, 0.6) is 11.5 Å². The summed E-state index contributed by atoms with van der Waals surface area (Å²) in [5, 5.41) is 15.0. The first kappa shape index (κ1) is 19.2. The summed E-state index contributed by atoms with van der Waals surface area (Å²) in [6.45, 7) is 2.01. The number of carbonyl (C=O) groups excluding carboxylic acids is 1. The number of aromatic hydroxyl groups is 1. The zero-order chi connectivity index (χ0) is 20.2. The molecule has 29 heavy (non-hydrogen) atoms. The molecule has 1 amide bonds. The molecule has 1 atom stereocenters. The van der Waals surface area contributed by atoms with Gasteiger partial charge in [-0.3, -0.25) is 4.79 Å². The zero-order valence-corrected chi connectivity index (χ0v) is 16.2. The van der Waals surface area contributed by atoms with Crippen molar-refractivity contribution < 1.29 is 24.1 Å². The lowest BCUT2D eigenvalue weighted by atomic mass is 9.94. The summed E-state index contributed by atoms with van der Waals surface area (Å²) in [6, 6.07) is 16.4. The van der Waals surface area contributed by atoms with Crippen LogP contribution in [0.2, 0.25) is 0 Å². The number of hydrogen-bond donors (Lipinski definition) is 2. The minimum atomic E-state index is -0.170. The van der Waals surface area contributed by atoms with Crippen LogP contribution in [0.4, 0.5) is 0 Å². The van der Waals surface area contributed by atoms with E-state index in [1.165, 1.54) is 0 Å². The lowest BCUT2D eigenvalue weighted by Gasteiger charge is -2.23. The predicted octanol–water partition coefficient (Wildman–Crippen LogP) is 3.37. The number of methoxy groups -OCH3 is 1. The number of nitrogens with one attached hydrogen (secondary N) is 1. The molecule has 1 aliphatic heterocycles. The molecular weight excluding hydrogens is 370 g/mol. The third kappa shape index (κ3) is 4.04. The van der Waals surface area contributed by atoms with E-state index in [9.17, 15) is 9.90 Å². The van der Waals surface area contributed by atoms with Crippen molar-refractivity contribution in [3.05, 3.63) is 60.2 Å². The highest BCUT2D eigenvalue weighted by Gasteiger charge is 2.18. The summed E-state index contributed by atoms with van der Waals surface area (Å²) in [5.41, 5.74) is 2.06. The van der Waals surface area contributed by atoms with Crippen molar-refractivity contribution in [3.8, 4) is 22.6 Å². The van der Waals surface area contributed by atoms with E-state index >= 15 is 0 Å². The smallest absolute Gasteiger partial charge is 0.252 e. The summed E-state index contributed by atoms with van der Waals surface area (Å²) in [7, 11) is 1.59. The molecule has 1 saturated heterocycles. The largest absolute Gasteiger partial charge is 0.507 e. The SMILES string of the molecule is COc1ccc(O)c(-c2cccc3c(C(=O)NCC4COCCO4)cccc23)c1. The van der Waals surface area contributed by atoms with Crippen LogP contribution in [0.1, 0.15) is 10.4 Å². The fourth-order valence-electron chi connectivity index (χ4n) is 3.56. The van der Waals surface area contributed by atoms with Crippen molar-refractivity contribution >= 4 is 16.7 Å². The molecule has 3 aromatic rings. The fourth-order valence-corrected chi connectivity index (χ4v) is 3.56. The molecule has 0 radical (unpaired) electrons. The average molecular weight is 393 g/mol. The maximum Gasteiger partial charge on any atom is 0.252 e. The number of amides is 1. The first-order chi connectivity index (χ1) is 14.2. The van der Waals surface area contributed by atoms with E-state index in [1.807, 2.05) is 30.3 Å². The van der Waals surface area contributed by atoms with E-state index in [0.29, 0.717) is 43.2 Å². The Labute approximate surface area is 169 Å². The van der Waals surface area contributed by atoms with Crippen LogP contribution >= 0.6 is 0 Å². The number of phenolic OH excluding ortho intramolecular Hbond substituents is 1. The second-order valence-corrected chi connectivity index (χ2v) is 6.87. The van der Waals surface area contributed by atoms with Crippen LogP contribution in [-0.2, 0) is 9.47 Å². The Morgan fingerprint density at radius 2 is 1.93 bits per heavy atom. The first-order valence-electron chi connectivity index (χ1n) is 9.54. The molecule has 1 unspecified atom stereocenters. The molecule has 150 valence electrons. The van der Waals surface area contributed by atoms with Crippen molar-refractivity contribution in [3.63, 3.8) is 0 Å². The molecule has 1 heterocycles. The summed E-state index contributed by atoms with van der Waals surface area (Å²) in [5.74, 6) is 0.637. The molecule has 3 aromatic carbocycles. The molecule has 4 rings (SSSR count). The normalized spacial score (nSPS) is 16.5. The molecule has 0 saturated carbocycles. The third-order valence-electron chi connectivity index (χ3n) is 5.04. The van der Waals surface area contributed by atoms with E-state index < -0.39 is 0 Å². The van der Waals surface area contributed by atoms with Gasteiger partial charge < -0.3 is 24.6 Å². The Bertz CT molecular complexity index is 1030. The third-order valence-corrected chi connectivity index (χ3v) is 5.04. The van der Waals surface area contributed by atoms with Crippen molar-refractivity contribution in [2.45, 2.75) is 6.10 Å². The summed E-state index contributed by atoms with van der Waals surface area (Å²) >= 11 is 0. The van der Waals surface area contributed by atoms with Crippen LogP contribution in [0.15, 0.2) is 54.6 Å². The fraction of sp³-hybridized carbons (Fsp3) is 0.261. The Morgan fingerprint density at radius 3 is 2.72 bits per heavy atom. The van der Waals surface area contributed by atoms with Gasteiger partial charge in [-0.25, -0.2) is 0 Å². The Hall–Kier alpha value is -3.09. The van der Waals surface area contributed by atoms with E-state index in [1.54, 1.807) is 31.4 Å². The molecule has 0 bridgehead atoms. The molecule has 0 spiro atoms. The number of ether oxygens (including phenoxy) is 3. The number of benzene rings is 3. The van der Waals surface area contributed by atoms with Crippen molar-refractivity contribution in [2.24, 2.45) is 0 Å². The van der Waals surface area contributed by atoms with Gasteiger partial charge in [0, 0.05) is 17.7 Å². The zero-order valence-electron chi connectivity index (χ0n) is 16.2. The molecule has 1 fully saturated rings. The Kier molecular flexibility index (Phi) is 5.64. The highest BCUT2D eigenvalue weighted by molar-refractivity contribution is 6.10. The van der Waals surface area contributed by atoms with Crippen LogP contribution in [0.25, 0.3) is 21.9 Å². The van der Waals surface area contributed by atoms with E-state index in [-0.39, 0.29) is 17.8 Å². The van der Waals surface area contributed by atoms with Crippen LogP contribution < -0.4 is 10.1 Å². The van der Waals surface area contributed by atoms with Gasteiger partial charge in [0.25, 0.3) is 5.91 Å². The van der Waals surface area contributed by atoms with Crippen LogP contribution in [0, 0.1) is 0 Å². The molecule has 6 nitrogen and oxygen atoms in total. The van der Waals surface area contributed by atoms with Crippen molar-refractivity contribution in [2.75, 3.05) is 33.5 Å². The van der Waals surface area contributed by atoms with Gasteiger partial charge in [-0.2, -0.15) is 0 Å². The standard InChI is InChI=1S/C23H23NO5/c1-27-15-8-9-22(25)21(12-15)19-6-2-5-18-17(19)4-3-7-20(18)23(26)24-13-16-14-28-10-11-29-16/h2-9,12,16,25H,10-11,13-14H2,1H3,(H,24,26). The topological polar surface area (TPSA) is 77.0 Å². The Balaban J connectivity index is 1.67. The minimum absolute atomic E-state index is 0.132. The molecule has 0 aliphatic carbocycles. The van der Waals surface area contributed by atoms with Gasteiger partial charge in [0.15, 0.2) is 0 Å². The molecule has 0 aromatic heterocycles. The predicted molar refractivity (Wildman–Crippen MR) is 110 cm³/mol. The van der Waals surface area contributed by atoms with Gasteiger partial charge in [-0.05, 0) is 40.6 Å². The van der Waals surface area contributed by atoms with Crippen molar-refractivity contribution in [1.82, 2.24) is 5.32 Å². The van der Waals surface area contributed by atoms with Gasteiger partial charge in [0.2, 0.25) is 0 Å². The molecular formula is C23H23NO5. The van der Waals surface area contributed by atoms with Crippen molar-refractivity contribution in [1.29, 1.82) is 0 Å². The highest BCUT2D eigenvalue weighted by atomic mass is 16.6. The summed E-state index contributed by atoms with van der Waals surface area (Å²) in [4.78, 5) is 12.8. The molecule has 1 aliphatic rings. The number of rotatable bonds is 5. The number of hydrogen-bond acceptors (Lipinski definition) is 5. The Morgan fingerprint density at radius 1 is 1.10 bits per heavy atom. The van der Waals surface area contributed by atoms with Crippen LogP contribution in [0.3, 0.4) is 0 Å². The average Bonchev–Trinajstić information content (AvgIpc) is 2.78. The van der Waals surface area contributed by atoms with E-state index in [2.05, 4.69) is 5.32 Å². The second kappa shape index (κ2) is 8.51. The maximum atomic E-state index is 12.8. The van der Waals surface area contributed by atoms with Gasteiger partial charge in [0.1, 0.15) is 11.5 Å². The first-order valence-corrected chi connectivity index (χ1v) is 9.54. The second-order valence-electron chi connectivity index (χ2n) is 6.87. The lowest BCUT2D eigenvalue weighted by molar-refractivity contribution is -0.0855. The highest BCUT2D eigenvalue weighted by Crippen LogP contribution is 2.37. The number of carbonyl (C=O) groups is 1. The number of phenols is 1. The van der Waals surface area contributed by atoms with E-state index in [0.717, 1.165) is 16.3 Å². The molecule has 2 N–H and O–H groups in total. The lowest BCUT2D eigenvalue weighted by Crippen LogP contribution is -2.39. The monoisotopic (exact) mass is 393 g/mol. The van der Waals surface area contributed by atoms with Crippen LogP contribution in [-0.4, -0.2) is 50.6 Å². The maximum absolute atomic E-state index is 12.8. The summed E-state index contributed by atoms with van der Waals surface area (Å²) in [6.07, 6.45) is -0.132. The number of fused-ring (bicyclic) bond motifs is 1. The van der Waals surface area contributed by atoms with E-state index in [4.69, 9.17) is 14.2 Å². The van der Waals surface area contributed by atoms with Gasteiger partial charge >= 0.3 is 0 Å². The summed E-state index contributed by atoms with van der Waals surface area (Å²) < 4.78 is 16.3. The molecule has 6 heteroatoms. The van der Waals surface area contributed by atoms with Gasteiger partial charge in [-0.15, -0.1) is 0 Å². The van der Waals surface area contributed by atoms with Gasteiger partial charge in [0.05, 0.1) is 33.0 Å².